The Morgan fingerprint density at radius 1 is 0.786 bits per heavy atom. The van der Waals surface area contributed by atoms with E-state index in [1.807, 2.05) is 72.8 Å². The Kier molecular flexibility index (Phi) is 5.10. The smallest absolute Gasteiger partial charge is 0.211 e. The maximum absolute atomic E-state index is 13.3. The zero-order valence-corrected chi connectivity index (χ0v) is 17.6. The average Bonchev–Trinajstić information content (AvgIpc) is 2.72. The summed E-state index contributed by atoms with van der Waals surface area (Å²) in [6, 6.07) is 26.3. The zero-order chi connectivity index (χ0) is 19.8. The molecule has 0 heterocycles. The van der Waals surface area contributed by atoms with Crippen molar-refractivity contribution in [2.45, 2.75) is 9.79 Å². The van der Waals surface area contributed by atoms with Crippen molar-refractivity contribution >= 4 is 53.6 Å². The third-order valence-electron chi connectivity index (χ3n) is 4.67. The van der Waals surface area contributed by atoms with Gasteiger partial charge in [0.05, 0.1) is 5.21 Å². The van der Waals surface area contributed by atoms with Gasteiger partial charge in [-0.15, -0.1) is 11.6 Å². The van der Waals surface area contributed by atoms with E-state index in [1.54, 1.807) is 18.4 Å². The summed E-state index contributed by atoms with van der Waals surface area (Å²) in [6.07, 6.45) is 1.77. The lowest BCUT2D eigenvalue weighted by Crippen LogP contribution is -2.13. The van der Waals surface area contributed by atoms with Crippen molar-refractivity contribution in [3.05, 3.63) is 84.9 Å². The first-order valence-electron chi connectivity index (χ1n) is 8.68. The molecular weight excluding hydrogens is 412 g/mol. The number of rotatable bonds is 5. The van der Waals surface area contributed by atoms with Crippen molar-refractivity contribution in [3.8, 4) is 0 Å². The Balaban J connectivity index is 1.85. The molecule has 0 aliphatic rings. The van der Waals surface area contributed by atoms with Gasteiger partial charge in [0.25, 0.3) is 0 Å². The maximum Gasteiger partial charge on any atom is 0.307 e. The standard InChI is InChI=1S/C22H19ClO3S2/c1-27(16-23,20-11-3-2-4-12-20)26-28(24,25)22-13-7-10-19-14-17-8-5-6-9-18(17)15-21(19)22/h2-15H,16H2,1H3. The molecule has 0 N–H and O–H groups in total. The molecule has 4 rings (SSSR count). The van der Waals surface area contributed by atoms with Crippen LogP contribution in [-0.4, -0.2) is 19.9 Å². The average molecular weight is 431 g/mol. The fraction of sp³-hybridized carbons (Fsp3) is 0.0909. The molecule has 0 saturated carbocycles. The van der Waals surface area contributed by atoms with Crippen LogP contribution in [-0.2, 0) is 13.7 Å². The largest absolute Gasteiger partial charge is 0.307 e. The minimum Gasteiger partial charge on any atom is -0.211 e. The van der Waals surface area contributed by atoms with E-state index in [0.29, 0.717) is 5.39 Å². The van der Waals surface area contributed by atoms with Crippen LogP contribution in [0.4, 0.5) is 0 Å². The quantitative estimate of drug-likeness (QED) is 0.275. The molecule has 28 heavy (non-hydrogen) atoms. The monoisotopic (exact) mass is 430 g/mol. The maximum atomic E-state index is 13.3. The first-order chi connectivity index (χ1) is 13.4. The number of halogens is 1. The number of benzene rings is 4. The fourth-order valence-electron chi connectivity index (χ4n) is 3.22. The fourth-order valence-corrected chi connectivity index (χ4v) is 7.81. The minimum atomic E-state index is -4.02. The van der Waals surface area contributed by atoms with Crippen molar-refractivity contribution in [3.63, 3.8) is 0 Å². The van der Waals surface area contributed by atoms with Gasteiger partial charge in [0.15, 0.2) is 0 Å². The number of hydrogen-bond acceptors (Lipinski definition) is 3. The van der Waals surface area contributed by atoms with E-state index in [2.05, 4.69) is 0 Å². The first-order valence-corrected chi connectivity index (χ1v) is 12.8. The second kappa shape index (κ2) is 7.41. The van der Waals surface area contributed by atoms with Gasteiger partial charge in [0.1, 0.15) is 4.90 Å². The Morgan fingerprint density at radius 3 is 2.07 bits per heavy atom. The predicted molar refractivity (Wildman–Crippen MR) is 119 cm³/mol. The van der Waals surface area contributed by atoms with Crippen LogP contribution in [0.25, 0.3) is 21.5 Å². The molecule has 144 valence electrons. The predicted octanol–water partition coefficient (Wildman–Crippen LogP) is 6.30. The van der Waals surface area contributed by atoms with Crippen LogP contribution < -0.4 is 0 Å². The van der Waals surface area contributed by atoms with Crippen LogP contribution in [0, 0.1) is 0 Å². The third kappa shape index (κ3) is 3.51. The lowest BCUT2D eigenvalue weighted by molar-refractivity contribution is 0.512. The Labute approximate surface area is 171 Å². The molecule has 6 heteroatoms. The topological polar surface area (TPSA) is 43.4 Å². The summed E-state index contributed by atoms with van der Waals surface area (Å²) < 4.78 is 32.3. The van der Waals surface area contributed by atoms with Gasteiger partial charge in [-0.3, -0.25) is 0 Å². The Hall–Kier alpha value is -2.05. The van der Waals surface area contributed by atoms with E-state index in [0.717, 1.165) is 21.1 Å². The molecule has 4 aromatic rings. The molecule has 0 fully saturated rings. The SMILES string of the molecule is CS(CCl)(OS(=O)(=O)c1cccc2cc3ccccc3cc12)c1ccccc1. The summed E-state index contributed by atoms with van der Waals surface area (Å²) in [5, 5.41) is 3.62. The molecule has 0 aliphatic heterocycles. The van der Waals surface area contributed by atoms with E-state index in [4.69, 9.17) is 15.2 Å². The van der Waals surface area contributed by atoms with Crippen LogP contribution in [0.3, 0.4) is 0 Å². The number of hydrogen-bond donors (Lipinski definition) is 0. The molecule has 0 radical (unpaired) electrons. The van der Waals surface area contributed by atoms with E-state index >= 15 is 0 Å². The summed E-state index contributed by atoms with van der Waals surface area (Å²) in [6.45, 7) is 0. The normalized spacial score (nSPS) is 15.4. The molecule has 0 aromatic heterocycles. The highest BCUT2D eigenvalue weighted by Gasteiger charge is 2.30. The third-order valence-corrected chi connectivity index (χ3v) is 10.4. The van der Waals surface area contributed by atoms with Crippen LogP contribution in [0.2, 0.25) is 0 Å². The van der Waals surface area contributed by atoms with Gasteiger partial charge >= 0.3 is 10.1 Å². The van der Waals surface area contributed by atoms with Crippen LogP contribution in [0.5, 0.6) is 0 Å². The molecular formula is C22H19ClO3S2. The Morgan fingerprint density at radius 2 is 1.39 bits per heavy atom. The minimum absolute atomic E-state index is 0.0872. The van der Waals surface area contributed by atoms with Gasteiger partial charge in [0, 0.05) is 10.3 Å². The molecule has 1 unspecified atom stereocenters. The van der Waals surface area contributed by atoms with Gasteiger partial charge in [0.2, 0.25) is 0 Å². The summed E-state index contributed by atoms with van der Waals surface area (Å²) in [4.78, 5) is 0.954. The molecule has 1 atom stereocenters. The zero-order valence-electron chi connectivity index (χ0n) is 15.2. The van der Waals surface area contributed by atoms with Gasteiger partial charge in [-0.1, -0.05) is 64.9 Å². The van der Waals surface area contributed by atoms with Crippen molar-refractivity contribution in [1.82, 2.24) is 0 Å². The van der Waals surface area contributed by atoms with Crippen molar-refractivity contribution in [2.75, 3.05) is 11.5 Å². The molecule has 4 aromatic carbocycles. The lowest BCUT2D eigenvalue weighted by atomic mass is 10.0. The Bertz CT molecular complexity index is 1260. The number of alkyl halides is 1. The van der Waals surface area contributed by atoms with E-state index < -0.39 is 20.4 Å². The van der Waals surface area contributed by atoms with E-state index in [-0.39, 0.29) is 10.1 Å². The van der Waals surface area contributed by atoms with Crippen molar-refractivity contribution in [1.29, 1.82) is 0 Å². The number of fused-ring (bicyclic) bond motifs is 2. The highest BCUT2D eigenvalue weighted by molar-refractivity contribution is 8.33. The summed E-state index contributed by atoms with van der Waals surface area (Å²) in [5.74, 6) is 0. The van der Waals surface area contributed by atoms with Crippen LogP contribution in [0.15, 0.2) is 94.7 Å². The molecule has 0 saturated heterocycles. The van der Waals surface area contributed by atoms with Gasteiger partial charge < -0.3 is 0 Å². The van der Waals surface area contributed by atoms with Gasteiger partial charge in [-0.25, -0.2) is 3.63 Å². The molecule has 0 aliphatic carbocycles. The van der Waals surface area contributed by atoms with Crippen LogP contribution in [0.1, 0.15) is 0 Å². The summed E-state index contributed by atoms with van der Waals surface area (Å²) >= 11 is 6.18. The van der Waals surface area contributed by atoms with Crippen LogP contribution >= 0.6 is 21.9 Å². The lowest BCUT2D eigenvalue weighted by Gasteiger charge is -2.32. The second-order valence-electron chi connectivity index (χ2n) is 6.63. The van der Waals surface area contributed by atoms with Crippen molar-refractivity contribution < 1.29 is 12.0 Å². The molecule has 0 spiro atoms. The summed E-state index contributed by atoms with van der Waals surface area (Å²) in [5.41, 5.74) is 0. The second-order valence-corrected chi connectivity index (χ2v) is 11.9. The molecule has 0 amide bonds. The highest BCUT2D eigenvalue weighted by Crippen LogP contribution is 2.56. The van der Waals surface area contributed by atoms with Gasteiger partial charge in [-0.05, 0) is 52.7 Å². The first kappa shape index (κ1) is 19.3. The van der Waals surface area contributed by atoms with Crippen molar-refractivity contribution in [2.24, 2.45) is 0 Å². The highest BCUT2D eigenvalue weighted by atomic mass is 35.5. The molecule has 0 bridgehead atoms. The van der Waals surface area contributed by atoms with Gasteiger partial charge in [-0.2, -0.15) is 8.42 Å². The van der Waals surface area contributed by atoms with E-state index in [1.165, 1.54) is 0 Å². The molecule has 3 nitrogen and oxygen atoms in total. The summed E-state index contributed by atoms with van der Waals surface area (Å²) in [7, 11) is -6.22. The van der Waals surface area contributed by atoms with E-state index in [9.17, 15) is 8.42 Å².